The van der Waals surface area contributed by atoms with Crippen molar-refractivity contribution in [2.45, 2.75) is 64.6 Å². The summed E-state index contributed by atoms with van der Waals surface area (Å²) in [4.78, 5) is 0. The van der Waals surface area contributed by atoms with E-state index < -0.39 is 0 Å². The van der Waals surface area contributed by atoms with E-state index in [4.69, 9.17) is 4.74 Å². The zero-order valence-electron chi connectivity index (χ0n) is 11.3. The van der Waals surface area contributed by atoms with E-state index in [1.807, 2.05) is 6.92 Å². The normalized spacial score (nSPS) is 23.8. The third-order valence-corrected chi connectivity index (χ3v) is 2.94. The second kappa shape index (κ2) is 4.25. The van der Waals surface area contributed by atoms with Crippen molar-refractivity contribution < 1.29 is 4.74 Å². The average Bonchev–Trinajstić information content (AvgIpc) is 1.96. The molecule has 16 heavy (non-hydrogen) atoms. The van der Waals surface area contributed by atoms with Gasteiger partial charge in [-0.15, -0.1) is 0 Å². The van der Waals surface area contributed by atoms with Crippen LogP contribution in [0.3, 0.4) is 0 Å². The summed E-state index contributed by atoms with van der Waals surface area (Å²) in [5, 5.41) is 3.63. The van der Waals surface area contributed by atoms with Crippen LogP contribution in [-0.2, 0) is 4.74 Å². The third kappa shape index (κ3) is 3.67. The van der Waals surface area contributed by atoms with Gasteiger partial charge < -0.3 is 10.1 Å². The molecule has 0 spiro atoms. The predicted octanol–water partition coefficient (Wildman–Crippen LogP) is 3.40. The highest BCUT2D eigenvalue weighted by Gasteiger charge is 2.38. The monoisotopic (exact) mass is 223 g/mol. The Morgan fingerprint density at radius 2 is 1.56 bits per heavy atom. The first-order valence-electron chi connectivity index (χ1n) is 5.92. The van der Waals surface area contributed by atoms with Crippen molar-refractivity contribution in [1.82, 2.24) is 5.32 Å². The SMILES string of the molecule is C=C(C)C(=C)OC1CC(C)(C)NC(C)(C)C1. The third-order valence-electron chi connectivity index (χ3n) is 2.94. The summed E-state index contributed by atoms with van der Waals surface area (Å²) in [7, 11) is 0. The Balaban J connectivity index is 2.68. The molecule has 2 nitrogen and oxygen atoms in total. The summed E-state index contributed by atoms with van der Waals surface area (Å²) in [5.41, 5.74) is 1.14. The van der Waals surface area contributed by atoms with Gasteiger partial charge >= 0.3 is 0 Å². The van der Waals surface area contributed by atoms with Crippen LogP contribution < -0.4 is 5.32 Å². The Morgan fingerprint density at radius 1 is 1.12 bits per heavy atom. The van der Waals surface area contributed by atoms with Gasteiger partial charge in [-0.3, -0.25) is 0 Å². The van der Waals surface area contributed by atoms with Gasteiger partial charge in [-0.05, 0) is 40.2 Å². The van der Waals surface area contributed by atoms with Gasteiger partial charge in [0.25, 0.3) is 0 Å². The topological polar surface area (TPSA) is 21.3 Å². The summed E-state index contributed by atoms with van der Waals surface area (Å²) in [6.45, 7) is 18.5. The van der Waals surface area contributed by atoms with Crippen molar-refractivity contribution in [3.05, 3.63) is 24.5 Å². The zero-order valence-corrected chi connectivity index (χ0v) is 11.3. The maximum atomic E-state index is 5.89. The van der Waals surface area contributed by atoms with Crippen LogP contribution in [0.2, 0.25) is 0 Å². The molecule has 0 aromatic rings. The molecule has 0 aromatic heterocycles. The minimum Gasteiger partial charge on any atom is -0.491 e. The molecule has 1 rings (SSSR count). The van der Waals surface area contributed by atoms with E-state index in [9.17, 15) is 0 Å². The van der Waals surface area contributed by atoms with Crippen molar-refractivity contribution in [2.75, 3.05) is 0 Å². The number of hydrogen-bond donors (Lipinski definition) is 1. The maximum Gasteiger partial charge on any atom is 0.114 e. The highest BCUT2D eigenvalue weighted by molar-refractivity contribution is 5.16. The summed E-state index contributed by atoms with van der Waals surface area (Å²) in [5.74, 6) is 0.721. The van der Waals surface area contributed by atoms with Crippen LogP contribution in [0.5, 0.6) is 0 Å². The van der Waals surface area contributed by atoms with E-state index in [2.05, 4.69) is 46.2 Å². The second-order valence-electron chi connectivity index (χ2n) is 6.24. The van der Waals surface area contributed by atoms with E-state index in [0.717, 1.165) is 24.2 Å². The fraction of sp³-hybridized carbons (Fsp3) is 0.714. The first-order valence-corrected chi connectivity index (χ1v) is 5.92. The predicted molar refractivity (Wildman–Crippen MR) is 69.4 cm³/mol. The van der Waals surface area contributed by atoms with Crippen molar-refractivity contribution in [3.8, 4) is 0 Å². The molecular weight excluding hydrogens is 198 g/mol. The fourth-order valence-corrected chi connectivity index (χ4v) is 2.61. The Hall–Kier alpha value is -0.760. The molecule has 1 aliphatic rings. The lowest BCUT2D eigenvalue weighted by molar-refractivity contribution is 0.0174. The smallest absolute Gasteiger partial charge is 0.114 e. The van der Waals surface area contributed by atoms with Crippen molar-refractivity contribution in [2.24, 2.45) is 0 Å². The van der Waals surface area contributed by atoms with Crippen LogP contribution >= 0.6 is 0 Å². The first-order chi connectivity index (χ1) is 7.11. The molecule has 0 radical (unpaired) electrons. The Morgan fingerprint density at radius 3 is 1.94 bits per heavy atom. The number of nitrogens with one attached hydrogen (secondary N) is 1. The maximum absolute atomic E-state index is 5.89. The van der Waals surface area contributed by atoms with Crippen LogP contribution in [0.1, 0.15) is 47.5 Å². The van der Waals surface area contributed by atoms with Gasteiger partial charge in [-0.2, -0.15) is 0 Å². The van der Waals surface area contributed by atoms with Crippen LogP contribution in [0, 0.1) is 0 Å². The molecule has 0 atom stereocenters. The molecule has 1 heterocycles. The van der Waals surface area contributed by atoms with Crippen LogP contribution in [0.15, 0.2) is 24.5 Å². The van der Waals surface area contributed by atoms with Crippen LogP contribution in [0.25, 0.3) is 0 Å². The van der Waals surface area contributed by atoms with E-state index >= 15 is 0 Å². The number of hydrogen-bond acceptors (Lipinski definition) is 2. The minimum atomic E-state index is 0.113. The van der Waals surface area contributed by atoms with E-state index in [1.54, 1.807) is 0 Å². The van der Waals surface area contributed by atoms with Crippen molar-refractivity contribution >= 4 is 0 Å². The largest absolute Gasteiger partial charge is 0.491 e. The van der Waals surface area contributed by atoms with Crippen LogP contribution in [0.4, 0.5) is 0 Å². The molecule has 1 saturated heterocycles. The molecule has 1 N–H and O–H groups in total. The lowest BCUT2D eigenvalue weighted by Crippen LogP contribution is -2.59. The van der Waals surface area contributed by atoms with Gasteiger partial charge in [0.2, 0.25) is 0 Å². The minimum absolute atomic E-state index is 0.113. The summed E-state index contributed by atoms with van der Waals surface area (Å²) < 4.78 is 5.89. The quantitative estimate of drug-likeness (QED) is 0.585. The molecule has 0 bridgehead atoms. The van der Waals surface area contributed by atoms with E-state index in [1.165, 1.54) is 0 Å². The number of rotatable bonds is 3. The molecule has 0 unspecified atom stereocenters. The van der Waals surface area contributed by atoms with E-state index in [0.29, 0.717) is 0 Å². The molecule has 92 valence electrons. The van der Waals surface area contributed by atoms with Gasteiger partial charge in [0, 0.05) is 23.9 Å². The zero-order chi connectivity index (χ0) is 12.6. The summed E-state index contributed by atoms with van der Waals surface area (Å²) in [6.07, 6.45) is 2.24. The first kappa shape index (κ1) is 13.3. The van der Waals surface area contributed by atoms with Gasteiger partial charge in [0.15, 0.2) is 0 Å². The summed E-state index contributed by atoms with van der Waals surface area (Å²) >= 11 is 0. The van der Waals surface area contributed by atoms with Crippen LogP contribution in [-0.4, -0.2) is 17.2 Å². The molecule has 0 amide bonds. The Labute approximate surface area is 99.8 Å². The molecular formula is C14H25NO. The standard InChI is InChI=1S/C14H25NO/c1-10(2)11(3)16-12-8-13(4,5)15-14(6,7)9-12/h12,15H,1,3,8-9H2,2,4-7H3. The van der Waals surface area contributed by atoms with Gasteiger partial charge in [-0.1, -0.05) is 13.2 Å². The Bertz CT molecular complexity index is 286. The van der Waals surface area contributed by atoms with Gasteiger partial charge in [0.1, 0.15) is 11.9 Å². The molecule has 0 saturated carbocycles. The van der Waals surface area contributed by atoms with Gasteiger partial charge in [0.05, 0.1) is 0 Å². The number of ether oxygens (including phenoxy) is 1. The lowest BCUT2D eigenvalue weighted by atomic mass is 9.81. The fourth-order valence-electron chi connectivity index (χ4n) is 2.61. The molecule has 0 aromatic carbocycles. The lowest BCUT2D eigenvalue weighted by Gasteiger charge is -2.46. The highest BCUT2D eigenvalue weighted by atomic mass is 16.5. The number of piperidine rings is 1. The molecule has 0 aliphatic carbocycles. The molecule has 2 heteroatoms. The average molecular weight is 223 g/mol. The second-order valence-corrected chi connectivity index (χ2v) is 6.24. The highest BCUT2D eigenvalue weighted by Crippen LogP contribution is 2.31. The van der Waals surface area contributed by atoms with Gasteiger partial charge in [-0.25, -0.2) is 0 Å². The molecule has 1 fully saturated rings. The van der Waals surface area contributed by atoms with E-state index in [-0.39, 0.29) is 17.2 Å². The summed E-state index contributed by atoms with van der Waals surface area (Å²) in [6, 6.07) is 0. The van der Waals surface area contributed by atoms with Crippen molar-refractivity contribution in [3.63, 3.8) is 0 Å². The molecule has 1 aliphatic heterocycles. The van der Waals surface area contributed by atoms with Crippen molar-refractivity contribution in [1.29, 1.82) is 0 Å². The Kier molecular flexibility index (Phi) is 3.53. The number of allylic oxidation sites excluding steroid dienone is 1.